The first-order chi connectivity index (χ1) is 13.2. The molecule has 0 aromatic heterocycles. The van der Waals surface area contributed by atoms with Crippen molar-refractivity contribution in [1.82, 2.24) is 0 Å². The maximum absolute atomic E-state index is 12.6. The van der Waals surface area contributed by atoms with E-state index < -0.39 is 20.0 Å². The molecule has 0 atom stereocenters. The molecule has 0 unspecified atom stereocenters. The van der Waals surface area contributed by atoms with Crippen molar-refractivity contribution < 1.29 is 16.8 Å². The van der Waals surface area contributed by atoms with Crippen LogP contribution in [0.5, 0.6) is 0 Å². The average Bonchev–Trinajstić information content (AvgIpc) is 2.65. The first kappa shape index (κ1) is 20.2. The van der Waals surface area contributed by atoms with Crippen LogP contribution < -0.4 is 9.44 Å². The topological polar surface area (TPSA) is 92.3 Å². The van der Waals surface area contributed by atoms with Crippen LogP contribution in [-0.4, -0.2) is 16.8 Å². The second-order valence-corrected chi connectivity index (χ2v) is 9.81. The van der Waals surface area contributed by atoms with E-state index in [9.17, 15) is 16.8 Å². The van der Waals surface area contributed by atoms with Gasteiger partial charge in [0, 0.05) is 10.7 Å². The van der Waals surface area contributed by atoms with Crippen molar-refractivity contribution in [3.63, 3.8) is 0 Å². The number of benzene rings is 3. The summed E-state index contributed by atoms with van der Waals surface area (Å²) in [5.41, 5.74) is 1.35. The first-order valence-electron chi connectivity index (χ1n) is 8.14. The first-order valence-corrected chi connectivity index (χ1v) is 11.5. The Morgan fingerprint density at radius 1 is 0.714 bits per heavy atom. The van der Waals surface area contributed by atoms with Gasteiger partial charge in [0.25, 0.3) is 20.0 Å². The van der Waals surface area contributed by atoms with E-state index in [0.717, 1.165) is 0 Å². The van der Waals surface area contributed by atoms with Crippen molar-refractivity contribution in [2.45, 2.75) is 16.7 Å². The highest BCUT2D eigenvalue weighted by atomic mass is 35.5. The zero-order valence-corrected chi connectivity index (χ0v) is 17.1. The monoisotopic (exact) mass is 436 g/mol. The van der Waals surface area contributed by atoms with E-state index in [4.69, 9.17) is 11.6 Å². The minimum Gasteiger partial charge on any atom is -0.280 e. The summed E-state index contributed by atoms with van der Waals surface area (Å²) >= 11 is 5.89. The molecule has 0 heterocycles. The molecule has 0 saturated carbocycles. The van der Waals surface area contributed by atoms with Gasteiger partial charge in [-0.15, -0.1) is 0 Å². The second-order valence-electron chi connectivity index (χ2n) is 6.01. The third-order valence-corrected chi connectivity index (χ3v) is 6.92. The van der Waals surface area contributed by atoms with E-state index >= 15 is 0 Å². The molecular weight excluding hydrogens is 420 g/mol. The third-order valence-electron chi connectivity index (χ3n) is 3.90. The fraction of sp³-hybridized carbons (Fsp3) is 0.0526. The van der Waals surface area contributed by atoms with Gasteiger partial charge in [-0.05, 0) is 67.1 Å². The summed E-state index contributed by atoms with van der Waals surface area (Å²) in [4.78, 5) is 0.121. The molecule has 9 heteroatoms. The Labute approximate surface area is 169 Å². The second kappa shape index (κ2) is 7.83. The number of anilines is 2. The smallest absolute Gasteiger partial charge is 0.261 e. The molecule has 3 aromatic rings. The molecule has 0 radical (unpaired) electrons. The SMILES string of the molecule is Cc1cc(Cl)ccc1NS(=O)(=O)c1ccc(NS(=O)(=O)c2ccccc2)cc1. The lowest BCUT2D eigenvalue weighted by atomic mass is 10.2. The molecule has 28 heavy (non-hydrogen) atoms. The van der Waals surface area contributed by atoms with Crippen LogP contribution >= 0.6 is 11.6 Å². The number of hydrogen-bond donors (Lipinski definition) is 2. The minimum absolute atomic E-state index is 0.00418. The van der Waals surface area contributed by atoms with Gasteiger partial charge in [0.2, 0.25) is 0 Å². The van der Waals surface area contributed by atoms with Gasteiger partial charge >= 0.3 is 0 Å². The van der Waals surface area contributed by atoms with Crippen LogP contribution in [0.4, 0.5) is 11.4 Å². The maximum atomic E-state index is 12.6. The Morgan fingerprint density at radius 2 is 1.29 bits per heavy atom. The van der Waals surface area contributed by atoms with Crippen LogP contribution in [-0.2, 0) is 20.0 Å². The standard InChI is InChI=1S/C19H17ClN2O4S2/c1-14-13-15(20)7-12-19(14)22-28(25,26)18-10-8-16(9-11-18)21-27(23,24)17-5-3-2-4-6-17/h2-13,21-22H,1H3. The van der Waals surface area contributed by atoms with Crippen molar-refractivity contribution in [1.29, 1.82) is 0 Å². The van der Waals surface area contributed by atoms with Gasteiger partial charge in [-0.1, -0.05) is 29.8 Å². The molecule has 0 aliphatic rings. The van der Waals surface area contributed by atoms with Gasteiger partial charge in [0.15, 0.2) is 0 Å². The highest BCUT2D eigenvalue weighted by Crippen LogP contribution is 2.24. The Balaban J connectivity index is 1.80. The molecule has 3 aromatic carbocycles. The van der Waals surface area contributed by atoms with Crippen molar-refractivity contribution >= 4 is 43.0 Å². The van der Waals surface area contributed by atoms with E-state index in [0.29, 0.717) is 16.3 Å². The highest BCUT2D eigenvalue weighted by molar-refractivity contribution is 7.93. The van der Waals surface area contributed by atoms with E-state index in [1.165, 1.54) is 36.4 Å². The summed E-state index contributed by atoms with van der Waals surface area (Å²) in [5.74, 6) is 0. The lowest BCUT2D eigenvalue weighted by Gasteiger charge is -2.12. The summed E-state index contributed by atoms with van der Waals surface area (Å²) in [6, 6.07) is 18.2. The number of hydrogen-bond acceptors (Lipinski definition) is 4. The molecule has 0 saturated heterocycles. The van der Waals surface area contributed by atoms with Crippen LogP contribution in [0, 0.1) is 6.92 Å². The van der Waals surface area contributed by atoms with Crippen LogP contribution in [0.25, 0.3) is 0 Å². The molecule has 146 valence electrons. The summed E-state index contributed by atoms with van der Waals surface area (Å²) < 4.78 is 54.7. The maximum Gasteiger partial charge on any atom is 0.261 e. The highest BCUT2D eigenvalue weighted by Gasteiger charge is 2.17. The summed E-state index contributed by atoms with van der Waals surface area (Å²) in [6.07, 6.45) is 0. The van der Waals surface area contributed by atoms with E-state index in [1.807, 2.05) is 0 Å². The van der Waals surface area contributed by atoms with Gasteiger partial charge in [-0.25, -0.2) is 16.8 Å². The zero-order valence-electron chi connectivity index (χ0n) is 14.8. The predicted octanol–water partition coefficient (Wildman–Crippen LogP) is 4.25. The average molecular weight is 437 g/mol. The Hall–Kier alpha value is -2.55. The summed E-state index contributed by atoms with van der Waals surface area (Å²) in [7, 11) is -7.58. The van der Waals surface area contributed by atoms with Gasteiger partial charge in [0.1, 0.15) is 0 Å². The van der Waals surface area contributed by atoms with Gasteiger partial charge < -0.3 is 0 Å². The number of sulfonamides is 2. The van der Waals surface area contributed by atoms with Crippen molar-refractivity contribution in [2.24, 2.45) is 0 Å². The van der Waals surface area contributed by atoms with Gasteiger partial charge in [-0.2, -0.15) is 0 Å². The third kappa shape index (κ3) is 4.64. The lowest BCUT2D eigenvalue weighted by molar-refractivity contribution is 0.600. The predicted molar refractivity (Wildman–Crippen MR) is 111 cm³/mol. The van der Waals surface area contributed by atoms with E-state index in [1.54, 1.807) is 43.3 Å². The number of nitrogens with one attached hydrogen (secondary N) is 2. The largest absolute Gasteiger partial charge is 0.280 e. The normalized spacial score (nSPS) is 11.8. The molecule has 2 N–H and O–H groups in total. The number of aryl methyl sites for hydroxylation is 1. The van der Waals surface area contributed by atoms with Gasteiger partial charge in [0.05, 0.1) is 15.5 Å². The number of rotatable bonds is 6. The van der Waals surface area contributed by atoms with E-state index in [-0.39, 0.29) is 15.5 Å². The fourth-order valence-electron chi connectivity index (χ4n) is 2.46. The van der Waals surface area contributed by atoms with Crippen LogP contribution in [0.2, 0.25) is 5.02 Å². The van der Waals surface area contributed by atoms with E-state index in [2.05, 4.69) is 9.44 Å². The van der Waals surface area contributed by atoms with Crippen LogP contribution in [0.3, 0.4) is 0 Å². The van der Waals surface area contributed by atoms with Gasteiger partial charge in [-0.3, -0.25) is 9.44 Å². The fourth-order valence-corrected chi connectivity index (χ4v) is 4.90. The molecule has 0 aliphatic heterocycles. The lowest BCUT2D eigenvalue weighted by Crippen LogP contribution is -2.15. The zero-order chi connectivity index (χ0) is 20.4. The Morgan fingerprint density at radius 3 is 1.89 bits per heavy atom. The molecule has 6 nitrogen and oxygen atoms in total. The summed E-state index contributed by atoms with van der Waals surface area (Å²) in [5, 5.41) is 0.510. The molecule has 3 rings (SSSR count). The van der Waals surface area contributed by atoms with Crippen LogP contribution in [0.15, 0.2) is 82.6 Å². The minimum atomic E-state index is -3.83. The molecule has 0 spiro atoms. The van der Waals surface area contributed by atoms with Crippen molar-refractivity contribution in [3.05, 3.63) is 83.4 Å². The molecule has 0 fully saturated rings. The van der Waals surface area contributed by atoms with Crippen LogP contribution in [0.1, 0.15) is 5.56 Å². The number of halogens is 1. The Kier molecular flexibility index (Phi) is 5.64. The summed E-state index contributed by atoms with van der Waals surface area (Å²) in [6.45, 7) is 1.74. The molecule has 0 amide bonds. The molecular formula is C19H17ClN2O4S2. The molecule has 0 aliphatic carbocycles. The Bertz CT molecular complexity index is 1190. The van der Waals surface area contributed by atoms with Crippen molar-refractivity contribution in [3.8, 4) is 0 Å². The quantitative estimate of drug-likeness (QED) is 0.604. The van der Waals surface area contributed by atoms with Crippen molar-refractivity contribution in [2.75, 3.05) is 9.44 Å². The molecule has 0 bridgehead atoms.